The minimum atomic E-state index is -2.49. The van der Waals surface area contributed by atoms with E-state index in [1.165, 1.54) is 0 Å². The van der Waals surface area contributed by atoms with Crippen LogP contribution < -0.4 is 5.32 Å². The molecule has 7 heteroatoms. The molecule has 0 aromatic heterocycles. The average molecular weight is 361 g/mol. The van der Waals surface area contributed by atoms with Crippen LogP contribution in [0.4, 0.5) is 13.2 Å². The quantitative estimate of drug-likeness (QED) is 0.582. The zero-order valence-corrected chi connectivity index (χ0v) is 12.6. The molecule has 19 heavy (non-hydrogen) atoms. The molecule has 0 radical (unpaired) electrons. The van der Waals surface area contributed by atoms with Gasteiger partial charge < -0.3 is 10.1 Å². The summed E-state index contributed by atoms with van der Waals surface area (Å²) in [5.41, 5.74) is 0.386. The van der Waals surface area contributed by atoms with Crippen LogP contribution in [0.15, 0.2) is 16.6 Å². The minimum Gasteiger partial charge on any atom is -0.375 e. The lowest BCUT2D eigenvalue weighted by molar-refractivity contribution is 0.0144. The van der Waals surface area contributed by atoms with Gasteiger partial charge in [-0.2, -0.15) is 0 Å². The summed E-state index contributed by atoms with van der Waals surface area (Å²) >= 11 is 8.94. The Labute approximate surface area is 123 Å². The van der Waals surface area contributed by atoms with Crippen LogP contribution in [0.5, 0.6) is 0 Å². The monoisotopic (exact) mass is 359 g/mol. The van der Waals surface area contributed by atoms with Gasteiger partial charge in [-0.05, 0) is 35.5 Å². The summed E-state index contributed by atoms with van der Waals surface area (Å²) < 4.78 is 43.0. The Balaban J connectivity index is 2.67. The van der Waals surface area contributed by atoms with Gasteiger partial charge in [0.2, 0.25) is 0 Å². The molecule has 2 nitrogen and oxygen atoms in total. The smallest absolute Gasteiger partial charge is 0.261 e. The second kappa shape index (κ2) is 8.09. The molecule has 0 heterocycles. The van der Waals surface area contributed by atoms with E-state index in [2.05, 4.69) is 21.2 Å². The number of hydrogen-bond donors (Lipinski definition) is 1. The Bertz CT molecular complexity index is 420. The molecule has 1 atom stereocenters. The van der Waals surface area contributed by atoms with Crippen molar-refractivity contribution in [1.82, 2.24) is 5.32 Å². The second-order valence-corrected chi connectivity index (χ2v) is 5.09. The van der Waals surface area contributed by atoms with Crippen molar-refractivity contribution >= 4 is 27.5 Å². The number of hydrogen-bond acceptors (Lipinski definition) is 2. The van der Waals surface area contributed by atoms with Crippen LogP contribution in [0.2, 0.25) is 5.02 Å². The van der Waals surface area contributed by atoms with Crippen molar-refractivity contribution < 1.29 is 17.9 Å². The van der Waals surface area contributed by atoms with Crippen molar-refractivity contribution in [2.45, 2.75) is 18.9 Å². The molecule has 0 amide bonds. The van der Waals surface area contributed by atoms with Crippen molar-refractivity contribution in [3.63, 3.8) is 0 Å². The lowest BCUT2D eigenvalue weighted by atomic mass is 10.0. The van der Waals surface area contributed by atoms with E-state index >= 15 is 0 Å². The minimum absolute atomic E-state index is 0.00579. The van der Waals surface area contributed by atoms with E-state index in [-0.39, 0.29) is 17.7 Å². The van der Waals surface area contributed by atoms with E-state index in [4.69, 9.17) is 16.3 Å². The van der Waals surface area contributed by atoms with Crippen LogP contribution in [-0.2, 0) is 4.74 Å². The first-order valence-corrected chi connectivity index (χ1v) is 6.81. The summed E-state index contributed by atoms with van der Waals surface area (Å²) in [6.07, 6.45) is -2.12. The van der Waals surface area contributed by atoms with Gasteiger partial charge in [-0.3, -0.25) is 0 Å². The number of rotatable bonds is 7. The van der Waals surface area contributed by atoms with Crippen LogP contribution in [0.3, 0.4) is 0 Å². The lowest BCUT2D eigenvalue weighted by Gasteiger charge is -2.18. The first-order chi connectivity index (χ1) is 8.97. The number of ether oxygens (including phenoxy) is 1. The first kappa shape index (κ1) is 16.8. The Morgan fingerprint density at radius 2 is 2.11 bits per heavy atom. The van der Waals surface area contributed by atoms with E-state index in [9.17, 15) is 13.2 Å². The molecular formula is C12H14BrClF3NO. The fraction of sp³-hybridized carbons (Fsp3) is 0.500. The number of nitrogens with one attached hydrogen (secondary N) is 1. The number of halogens is 5. The topological polar surface area (TPSA) is 21.3 Å². The molecule has 1 N–H and O–H groups in total. The molecule has 0 aliphatic carbocycles. The predicted octanol–water partition coefficient (Wildman–Crippen LogP) is 4.17. The summed E-state index contributed by atoms with van der Waals surface area (Å²) in [6.45, 7) is -0.497. The van der Waals surface area contributed by atoms with Crippen molar-refractivity contribution in [2.75, 3.05) is 20.3 Å². The van der Waals surface area contributed by atoms with Gasteiger partial charge in [0.15, 0.2) is 0 Å². The standard InChI is InChI=1S/C12H14BrClF3NO/c1-18-9(4-5-19-6-10(15)16)7-2-3-8(13)11(14)12(7)17/h2-3,9-10,18H,4-6H2,1H3. The first-order valence-electron chi connectivity index (χ1n) is 5.64. The van der Waals surface area contributed by atoms with Gasteiger partial charge in [-0.25, -0.2) is 13.2 Å². The number of alkyl halides is 2. The highest BCUT2D eigenvalue weighted by Crippen LogP contribution is 2.31. The van der Waals surface area contributed by atoms with Gasteiger partial charge in [0, 0.05) is 22.7 Å². The van der Waals surface area contributed by atoms with Gasteiger partial charge in [0.1, 0.15) is 12.4 Å². The third-order valence-electron chi connectivity index (χ3n) is 2.58. The van der Waals surface area contributed by atoms with Crippen LogP contribution >= 0.6 is 27.5 Å². The molecule has 0 bridgehead atoms. The third-order valence-corrected chi connectivity index (χ3v) is 3.84. The van der Waals surface area contributed by atoms with E-state index in [0.717, 1.165) is 0 Å². The summed E-state index contributed by atoms with van der Waals surface area (Å²) in [5, 5.41) is 2.92. The highest BCUT2D eigenvalue weighted by Gasteiger charge is 2.18. The van der Waals surface area contributed by atoms with Crippen LogP contribution in [-0.4, -0.2) is 26.7 Å². The van der Waals surface area contributed by atoms with E-state index in [0.29, 0.717) is 16.5 Å². The highest BCUT2D eigenvalue weighted by atomic mass is 79.9. The van der Waals surface area contributed by atoms with Gasteiger partial charge in [0.25, 0.3) is 6.43 Å². The SMILES string of the molecule is CNC(CCOCC(F)F)c1ccc(Br)c(Cl)c1F. The Hall–Kier alpha value is -0.300. The van der Waals surface area contributed by atoms with Gasteiger partial charge in [0.05, 0.1) is 5.02 Å². The van der Waals surface area contributed by atoms with Crippen molar-refractivity contribution in [3.8, 4) is 0 Å². The molecule has 1 aromatic rings. The summed E-state index contributed by atoms with van der Waals surface area (Å²) in [7, 11) is 1.66. The largest absolute Gasteiger partial charge is 0.375 e. The normalized spacial score (nSPS) is 13.0. The Morgan fingerprint density at radius 1 is 1.42 bits per heavy atom. The van der Waals surface area contributed by atoms with E-state index < -0.39 is 18.8 Å². The lowest BCUT2D eigenvalue weighted by Crippen LogP contribution is -2.20. The molecule has 0 spiro atoms. The Morgan fingerprint density at radius 3 is 2.68 bits per heavy atom. The molecule has 0 fully saturated rings. The molecular weight excluding hydrogens is 346 g/mol. The zero-order valence-electron chi connectivity index (χ0n) is 10.2. The van der Waals surface area contributed by atoms with Gasteiger partial charge in [-0.1, -0.05) is 17.7 Å². The summed E-state index contributed by atoms with van der Waals surface area (Å²) in [4.78, 5) is 0. The maximum absolute atomic E-state index is 14.0. The van der Waals surface area contributed by atoms with Gasteiger partial charge >= 0.3 is 0 Å². The molecule has 0 saturated carbocycles. The Kier molecular flexibility index (Phi) is 7.13. The maximum Gasteiger partial charge on any atom is 0.261 e. The zero-order chi connectivity index (χ0) is 14.4. The highest BCUT2D eigenvalue weighted by molar-refractivity contribution is 9.10. The van der Waals surface area contributed by atoms with Crippen LogP contribution in [0.1, 0.15) is 18.0 Å². The maximum atomic E-state index is 14.0. The fourth-order valence-electron chi connectivity index (χ4n) is 1.64. The molecule has 1 rings (SSSR count). The molecule has 1 aromatic carbocycles. The summed E-state index contributed by atoms with van der Waals surface area (Å²) in [5.74, 6) is -0.524. The van der Waals surface area contributed by atoms with Crippen LogP contribution in [0, 0.1) is 5.82 Å². The number of benzene rings is 1. The molecule has 0 aliphatic heterocycles. The third kappa shape index (κ3) is 4.95. The molecule has 1 unspecified atom stereocenters. The second-order valence-electron chi connectivity index (χ2n) is 3.86. The predicted molar refractivity (Wildman–Crippen MR) is 72.4 cm³/mol. The van der Waals surface area contributed by atoms with Crippen molar-refractivity contribution in [3.05, 3.63) is 33.0 Å². The molecule has 0 aliphatic rings. The molecule has 108 valence electrons. The van der Waals surface area contributed by atoms with Gasteiger partial charge in [-0.15, -0.1) is 0 Å². The fourth-order valence-corrected chi connectivity index (χ4v) is 2.12. The summed E-state index contributed by atoms with van der Waals surface area (Å²) in [6, 6.07) is 2.90. The van der Waals surface area contributed by atoms with Crippen molar-refractivity contribution in [2.24, 2.45) is 0 Å². The van der Waals surface area contributed by atoms with Crippen LogP contribution in [0.25, 0.3) is 0 Å². The average Bonchev–Trinajstić information content (AvgIpc) is 2.37. The van der Waals surface area contributed by atoms with Crippen molar-refractivity contribution in [1.29, 1.82) is 0 Å². The van der Waals surface area contributed by atoms with E-state index in [1.54, 1.807) is 19.2 Å². The van der Waals surface area contributed by atoms with E-state index in [1.807, 2.05) is 0 Å². The molecule has 0 saturated heterocycles.